The zero-order valence-electron chi connectivity index (χ0n) is 10.4. The maximum atomic E-state index is 11.5. The zero-order valence-corrected chi connectivity index (χ0v) is 12.0. The summed E-state index contributed by atoms with van der Waals surface area (Å²) in [5, 5.41) is 9.65. The van der Waals surface area contributed by atoms with E-state index in [0.29, 0.717) is 18.8 Å². The average Bonchev–Trinajstić information content (AvgIpc) is 2.38. The lowest BCUT2D eigenvalue weighted by Gasteiger charge is -2.06. The summed E-state index contributed by atoms with van der Waals surface area (Å²) in [7, 11) is -3.78. The van der Waals surface area contributed by atoms with Crippen molar-refractivity contribution >= 4 is 39.1 Å². The highest BCUT2D eigenvalue weighted by Gasteiger charge is 2.13. The molecule has 0 spiro atoms. The van der Waals surface area contributed by atoms with Gasteiger partial charge in [0.1, 0.15) is 0 Å². The second-order valence-corrected chi connectivity index (χ2v) is 5.76. The van der Waals surface area contributed by atoms with Crippen molar-refractivity contribution < 1.29 is 18.0 Å². The van der Waals surface area contributed by atoms with Crippen LogP contribution in [-0.4, -0.2) is 32.7 Å². The highest BCUT2D eigenvalue weighted by atomic mass is 35.5. The molecule has 1 aromatic rings. The molecule has 4 N–H and O–H groups in total. The fraction of sp³-hybridized carbons (Fsp3) is 0.273. The monoisotopic (exact) mass is 319 g/mol. The van der Waals surface area contributed by atoms with E-state index in [9.17, 15) is 18.0 Å². The summed E-state index contributed by atoms with van der Waals surface area (Å²) in [5.41, 5.74) is 0.287. The largest absolute Gasteiger partial charge is 0.348 e. The van der Waals surface area contributed by atoms with Crippen LogP contribution in [0, 0.1) is 0 Å². The van der Waals surface area contributed by atoms with Crippen LogP contribution in [0.15, 0.2) is 29.2 Å². The Kier molecular flexibility index (Phi) is 5.93. The molecule has 9 heteroatoms. The van der Waals surface area contributed by atoms with Gasteiger partial charge in [0.25, 0.3) is 0 Å². The molecule has 0 unspecified atom stereocenters. The fourth-order valence-corrected chi connectivity index (χ4v) is 1.91. The van der Waals surface area contributed by atoms with E-state index in [1.807, 2.05) is 0 Å². The fourth-order valence-electron chi connectivity index (χ4n) is 1.26. The van der Waals surface area contributed by atoms with E-state index in [2.05, 4.69) is 10.6 Å². The van der Waals surface area contributed by atoms with Gasteiger partial charge in [-0.15, -0.1) is 11.6 Å². The van der Waals surface area contributed by atoms with Gasteiger partial charge in [-0.25, -0.2) is 13.6 Å². The van der Waals surface area contributed by atoms with Gasteiger partial charge in [0.15, 0.2) is 0 Å². The number of hydrogen-bond donors (Lipinski definition) is 3. The molecule has 1 rings (SSSR count). The van der Waals surface area contributed by atoms with E-state index >= 15 is 0 Å². The number of amides is 2. The van der Waals surface area contributed by atoms with Crippen LogP contribution < -0.4 is 15.8 Å². The summed E-state index contributed by atoms with van der Waals surface area (Å²) in [6, 6.07) is 5.14. The molecule has 20 heavy (non-hydrogen) atoms. The first-order chi connectivity index (χ1) is 9.34. The number of nitrogens with two attached hydrogens (primary N) is 1. The Hall–Kier alpha value is -1.64. The summed E-state index contributed by atoms with van der Waals surface area (Å²) in [6.45, 7) is 0.306. The number of carbonyl (C=O) groups is 2. The minimum absolute atomic E-state index is 0.0814. The van der Waals surface area contributed by atoms with Gasteiger partial charge in [-0.1, -0.05) is 0 Å². The van der Waals surface area contributed by atoms with Gasteiger partial charge in [-0.05, 0) is 30.7 Å². The summed E-state index contributed by atoms with van der Waals surface area (Å²) in [6.07, 6.45) is 0.559. The lowest BCUT2D eigenvalue weighted by Crippen LogP contribution is -2.36. The predicted molar refractivity (Wildman–Crippen MR) is 74.8 cm³/mol. The second kappa shape index (κ2) is 7.22. The number of nitrogens with one attached hydrogen (secondary N) is 2. The highest BCUT2D eigenvalue weighted by molar-refractivity contribution is 7.89. The summed E-state index contributed by atoms with van der Waals surface area (Å²) >= 11 is 5.43. The van der Waals surface area contributed by atoms with E-state index in [4.69, 9.17) is 16.7 Å². The molecule has 0 radical (unpaired) electrons. The third-order valence-corrected chi connectivity index (χ3v) is 3.44. The molecule has 0 saturated carbocycles. The molecule has 0 saturated heterocycles. The van der Waals surface area contributed by atoms with Gasteiger partial charge >= 0.3 is 11.8 Å². The van der Waals surface area contributed by atoms with Crippen molar-refractivity contribution in [1.82, 2.24) is 5.32 Å². The Bertz CT molecular complexity index is 586. The van der Waals surface area contributed by atoms with Crippen LogP contribution in [0.25, 0.3) is 0 Å². The predicted octanol–water partition coefficient (Wildman–Crippen LogP) is 0.0176. The van der Waals surface area contributed by atoms with E-state index in [-0.39, 0.29) is 10.6 Å². The van der Waals surface area contributed by atoms with Gasteiger partial charge in [-0.2, -0.15) is 0 Å². The number of alkyl halides is 1. The maximum absolute atomic E-state index is 11.5. The van der Waals surface area contributed by atoms with Crippen LogP contribution in [-0.2, 0) is 19.6 Å². The highest BCUT2D eigenvalue weighted by Crippen LogP contribution is 2.12. The quantitative estimate of drug-likeness (QED) is 0.402. The number of carbonyl (C=O) groups excluding carboxylic acids is 2. The van der Waals surface area contributed by atoms with Gasteiger partial charge in [0.05, 0.1) is 4.90 Å². The number of benzene rings is 1. The van der Waals surface area contributed by atoms with Crippen molar-refractivity contribution in [3.63, 3.8) is 0 Å². The summed E-state index contributed by atoms with van der Waals surface area (Å²) < 4.78 is 22.1. The molecule has 0 heterocycles. The number of rotatable bonds is 5. The third kappa shape index (κ3) is 5.16. The molecular weight excluding hydrogens is 306 g/mol. The van der Waals surface area contributed by atoms with E-state index in [1.54, 1.807) is 0 Å². The van der Waals surface area contributed by atoms with Crippen molar-refractivity contribution in [2.75, 3.05) is 17.7 Å². The summed E-state index contributed by atoms with van der Waals surface area (Å²) in [5.74, 6) is -1.25. The lowest BCUT2D eigenvalue weighted by molar-refractivity contribution is -0.136. The maximum Gasteiger partial charge on any atom is 0.313 e. The van der Waals surface area contributed by atoms with Crippen molar-refractivity contribution in [3.8, 4) is 0 Å². The van der Waals surface area contributed by atoms with Gasteiger partial charge in [-0.3, -0.25) is 9.59 Å². The lowest BCUT2D eigenvalue weighted by atomic mass is 10.3. The first-order valence-electron chi connectivity index (χ1n) is 5.62. The zero-order chi connectivity index (χ0) is 15.2. The van der Waals surface area contributed by atoms with Crippen LogP contribution in [0.1, 0.15) is 6.42 Å². The molecule has 0 aliphatic heterocycles. The Balaban J connectivity index is 2.60. The molecule has 110 valence electrons. The molecule has 1 aromatic carbocycles. The third-order valence-electron chi connectivity index (χ3n) is 2.24. The molecular formula is C11H14ClN3O4S. The first kappa shape index (κ1) is 16.4. The molecule has 2 amide bonds. The van der Waals surface area contributed by atoms with Crippen molar-refractivity contribution in [2.24, 2.45) is 5.14 Å². The number of primary sulfonamides is 1. The number of halogens is 1. The van der Waals surface area contributed by atoms with Gasteiger partial charge < -0.3 is 10.6 Å². The smallest absolute Gasteiger partial charge is 0.313 e. The molecule has 0 aromatic heterocycles. The number of hydrogen-bond acceptors (Lipinski definition) is 4. The van der Waals surface area contributed by atoms with Gasteiger partial charge in [0, 0.05) is 18.1 Å². The van der Waals surface area contributed by atoms with Crippen LogP contribution in [0.3, 0.4) is 0 Å². The number of sulfonamides is 1. The van der Waals surface area contributed by atoms with Crippen LogP contribution >= 0.6 is 11.6 Å². The molecule has 0 fully saturated rings. The number of anilines is 1. The van der Waals surface area contributed by atoms with E-state index < -0.39 is 21.8 Å². The molecule has 0 atom stereocenters. The summed E-state index contributed by atoms with van der Waals surface area (Å²) in [4.78, 5) is 22.8. The average molecular weight is 320 g/mol. The molecule has 7 nitrogen and oxygen atoms in total. The van der Waals surface area contributed by atoms with E-state index in [1.165, 1.54) is 24.3 Å². The molecule has 0 aliphatic carbocycles. The Labute approximate surface area is 121 Å². The Morgan fingerprint density at radius 3 is 2.25 bits per heavy atom. The van der Waals surface area contributed by atoms with Crippen molar-refractivity contribution in [3.05, 3.63) is 24.3 Å². The van der Waals surface area contributed by atoms with Crippen LogP contribution in [0.4, 0.5) is 5.69 Å². The Morgan fingerprint density at radius 2 is 1.75 bits per heavy atom. The van der Waals surface area contributed by atoms with Crippen LogP contribution in [0.2, 0.25) is 0 Å². The SMILES string of the molecule is NS(=O)(=O)c1ccc(NC(=O)C(=O)NCCCCl)cc1. The van der Waals surface area contributed by atoms with Crippen molar-refractivity contribution in [1.29, 1.82) is 0 Å². The minimum Gasteiger partial charge on any atom is -0.348 e. The minimum atomic E-state index is -3.78. The molecule has 0 aliphatic rings. The standard InChI is InChI=1S/C11H14ClN3O4S/c12-6-1-7-14-10(16)11(17)15-8-2-4-9(5-3-8)20(13,18)19/h2-5H,1,6-7H2,(H,14,16)(H,15,17)(H2,13,18,19). The van der Waals surface area contributed by atoms with Crippen molar-refractivity contribution in [2.45, 2.75) is 11.3 Å². The second-order valence-electron chi connectivity index (χ2n) is 3.82. The van der Waals surface area contributed by atoms with Crippen LogP contribution in [0.5, 0.6) is 0 Å². The normalized spacial score (nSPS) is 10.9. The molecule has 0 bridgehead atoms. The van der Waals surface area contributed by atoms with Gasteiger partial charge in [0.2, 0.25) is 10.0 Å². The first-order valence-corrected chi connectivity index (χ1v) is 7.70. The Morgan fingerprint density at radius 1 is 1.15 bits per heavy atom. The topological polar surface area (TPSA) is 118 Å². The van der Waals surface area contributed by atoms with E-state index in [0.717, 1.165) is 0 Å².